The van der Waals surface area contributed by atoms with E-state index in [1.165, 1.54) is 21.9 Å². The van der Waals surface area contributed by atoms with Crippen molar-refractivity contribution in [3.8, 4) is 0 Å². The Hall–Kier alpha value is -0.460. The van der Waals surface area contributed by atoms with E-state index < -0.39 is 0 Å². The first-order valence-electron chi connectivity index (χ1n) is 6.34. The van der Waals surface area contributed by atoms with Crippen molar-refractivity contribution in [3.63, 3.8) is 0 Å². The number of aromatic nitrogens is 2. The number of nitrogens with two attached hydrogens (primary N) is 1. The van der Waals surface area contributed by atoms with Gasteiger partial charge in [-0.25, -0.2) is 9.97 Å². The summed E-state index contributed by atoms with van der Waals surface area (Å²) in [5, 5.41) is 1.97. The Bertz CT molecular complexity index is 623. The molecule has 2 N–H and O–H groups in total. The summed E-state index contributed by atoms with van der Waals surface area (Å²) in [6.07, 6.45) is 0. The summed E-state index contributed by atoms with van der Waals surface area (Å²) in [6, 6.07) is 0. The van der Waals surface area contributed by atoms with E-state index in [4.69, 9.17) is 10.7 Å². The lowest BCUT2D eigenvalue weighted by molar-refractivity contribution is 0.836. The van der Waals surface area contributed by atoms with E-state index in [0.29, 0.717) is 16.3 Å². The summed E-state index contributed by atoms with van der Waals surface area (Å²) in [6.45, 7) is 6.48. The molecule has 2 aromatic heterocycles. The molecular formula is C13H17N3S3. The Morgan fingerprint density at radius 3 is 2.63 bits per heavy atom. The normalized spacial score (nSPS) is 23.9. The third kappa shape index (κ3) is 2.34. The second kappa shape index (κ2) is 5.14. The molecule has 0 bridgehead atoms. The lowest BCUT2D eigenvalue weighted by atomic mass is 10.2. The summed E-state index contributed by atoms with van der Waals surface area (Å²) < 4.78 is 0. The van der Waals surface area contributed by atoms with Crippen LogP contribution >= 0.6 is 34.9 Å². The maximum Gasteiger partial charge on any atom is 0.146 e. The molecular weight excluding hydrogens is 294 g/mol. The quantitative estimate of drug-likeness (QED) is 0.868. The topological polar surface area (TPSA) is 51.8 Å². The van der Waals surface area contributed by atoms with Gasteiger partial charge in [0.25, 0.3) is 0 Å². The average Bonchev–Trinajstić information content (AvgIpc) is 2.66. The first kappa shape index (κ1) is 13.5. The molecule has 1 aliphatic rings. The molecule has 3 rings (SSSR count). The van der Waals surface area contributed by atoms with E-state index in [1.54, 1.807) is 11.3 Å². The first-order chi connectivity index (χ1) is 9.08. The average molecular weight is 312 g/mol. The highest BCUT2D eigenvalue weighted by atomic mass is 32.2. The molecule has 3 heterocycles. The number of anilines is 1. The van der Waals surface area contributed by atoms with Crippen molar-refractivity contribution in [1.29, 1.82) is 0 Å². The van der Waals surface area contributed by atoms with Crippen molar-refractivity contribution in [2.24, 2.45) is 0 Å². The molecule has 6 heteroatoms. The molecule has 0 amide bonds. The SMILES string of the molecule is Cc1sc2nc(C3SCCSC3C)nc(N)c2c1C. The fourth-order valence-corrected chi connectivity index (χ4v) is 6.07. The molecule has 2 aromatic rings. The van der Waals surface area contributed by atoms with Gasteiger partial charge in [0.1, 0.15) is 16.5 Å². The summed E-state index contributed by atoms with van der Waals surface area (Å²) in [7, 11) is 0. The van der Waals surface area contributed by atoms with E-state index in [0.717, 1.165) is 16.0 Å². The zero-order valence-electron chi connectivity index (χ0n) is 11.3. The number of rotatable bonds is 1. The van der Waals surface area contributed by atoms with Gasteiger partial charge in [-0.3, -0.25) is 0 Å². The number of thioether (sulfide) groups is 2. The van der Waals surface area contributed by atoms with Gasteiger partial charge in [-0.15, -0.1) is 23.1 Å². The smallest absolute Gasteiger partial charge is 0.146 e. The maximum absolute atomic E-state index is 6.16. The van der Waals surface area contributed by atoms with Gasteiger partial charge in [0.15, 0.2) is 0 Å². The van der Waals surface area contributed by atoms with Gasteiger partial charge in [0.05, 0.1) is 10.6 Å². The molecule has 1 saturated heterocycles. The van der Waals surface area contributed by atoms with E-state index in [2.05, 4.69) is 25.8 Å². The van der Waals surface area contributed by atoms with Crippen LogP contribution in [0.2, 0.25) is 0 Å². The van der Waals surface area contributed by atoms with Crippen molar-refractivity contribution in [2.45, 2.75) is 31.3 Å². The highest BCUT2D eigenvalue weighted by Crippen LogP contribution is 2.42. The van der Waals surface area contributed by atoms with Gasteiger partial charge in [-0.2, -0.15) is 11.8 Å². The molecule has 2 unspecified atom stereocenters. The number of fused-ring (bicyclic) bond motifs is 1. The van der Waals surface area contributed by atoms with Crippen LogP contribution in [0, 0.1) is 13.8 Å². The number of nitrogens with zero attached hydrogens (tertiary/aromatic N) is 2. The van der Waals surface area contributed by atoms with Crippen LogP contribution in [0.3, 0.4) is 0 Å². The van der Waals surface area contributed by atoms with Gasteiger partial charge in [0, 0.05) is 21.6 Å². The molecule has 0 radical (unpaired) electrons. The standard InChI is InChI=1S/C13H17N3S3/c1-6-7(2)19-13-9(6)11(14)15-12(16-13)10-8(3)17-4-5-18-10/h8,10H,4-5H2,1-3H3,(H2,14,15,16). The van der Waals surface area contributed by atoms with Crippen LogP contribution < -0.4 is 5.73 Å². The minimum Gasteiger partial charge on any atom is -0.383 e. The van der Waals surface area contributed by atoms with Crippen LogP contribution in [0.4, 0.5) is 5.82 Å². The monoisotopic (exact) mass is 311 g/mol. The summed E-state index contributed by atoms with van der Waals surface area (Å²) in [4.78, 5) is 11.7. The second-order valence-electron chi connectivity index (χ2n) is 4.80. The van der Waals surface area contributed by atoms with Crippen molar-refractivity contribution >= 4 is 50.9 Å². The Morgan fingerprint density at radius 1 is 1.16 bits per heavy atom. The molecule has 0 aromatic carbocycles. The van der Waals surface area contributed by atoms with Crippen LogP contribution in [0.25, 0.3) is 10.2 Å². The predicted molar refractivity (Wildman–Crippen MR) is 88.4 cm³/mol. The third-order valence-electron chi connectivity index (χ3n) is 3.52. The number of aryl methyl sites for hydroxylation is 2. The van der Waals surface area contributed by atoms with E-state index in [9.17, 15) is 0 Å². The molecule has 2 atom stereocenters. The van der Waals surface area contributed by atoms with Crippen LogP contribution in [-0.4, -0.2) is 26.7 Å². The fraction of sp³-hybridized carbons (Fsp3) is 0.538. The zero-order valence-corrected chi connectivity index (χ0v) is 13.7. The highest BCUT2D eigenvalue weighted by molar-refractivity contribution is 8.06. The highest BCUT2D eigenvalue weighted by Gasteiger charge is 2.27. The summed E-state index contributed by atoms with van der Waals surface area (Å²) >= 11 is 5.68. The van der Waals surface area contributed by atoms with Crippen molar-refractivity contribution in [1.82, 2.24) is 9.97 Å². The van der Waals surface area contributed by atoms with Gasteiger partial charge in [-0.1, -0.05) is 6.92 Å². The molecule has 3 nitrogen and oxygen atoms in total. The second-order valence-corrected chi connectivity index (χ2v) is 8.74. The van der Waals surface area contributed by atoms with Gasteiger partial charge >= 0.3 is 0 Å². The van der Waals surface area contributed by atoms with Crippen LogP contribution in [0.5, 0.6) is 0 Å². The molecule has 19 heavy (non-hydrogen) atoms. The van der Waals surface area contributed by atoms with Crippen LogP contribution in [0.1, 0.15) is 28.4 Å². The lowest BCUT2D eigenvalue weighted by Crippen LogP contribution is -2.18. The first-order valence-corrected chi connectivity index (χ1v) is 9.25. The van der Waals surface area contributed by atoms with Crippen LogP contribution in [-0.2, 0) is 0 Å². The lowest BCUT2D eigenvalue weighted by Gasteiger charge is -2.26. The van der Waals surface area contributed by atoms with E-state index in [1.807, 2.05) is 23.5 Å². The number of hydrogen-bond acceptors (Lipinski definition) is 6. The zero-order chi connectivity index (χ0) is 13.6. The van der Waals surface area contributed by atoms with E-state index >= 15 is 0 Å². The molecule has 1 aliphatic heterocycles. The summed E-state index contributed by atoms with van der Waals surface area (Å²) in [5.74, 6) is 3.95. The van der Waals surface area contributed by atoms with Crippen molar-refractivity contribution in [3.05, 3.63) is 16.3 Å². The molecule has 0 saturated carbocycles. The Labute approximate surface area is 125 Å². The predicted octanol–water partition coefficient (Wildman–Crippen LogP) is 3.80. The Kier molecular flexibility index (Phi) is 3.66. The number of nitrogen functional groups attached to an aromatic ring is 1. The minimum atomic E-state index is 0.369. The largest absolute Gasteiger partial charge is 0.383 e. The minimum absolute atomic E-state index is 0.369. The van der Waals surface area contributed by atoms with Gasteiger partial charge < -0.3 is 5.73 Å². The maximum atomic E-state index is 6.16. The molecule has 0 aliphatic carbocycles. The molecule has 0 spiro atoms. The van der Waals surface area contributed by atoms with Gasteiger partial charge in [-0.05, 0) is 19.4 Å². The van der Waals surface area contributed by atoms with Crippen LogP contribution in [0.15, 0.2) is 0 Å². The van der Waals surface area contributed by atoms with Crippen molar-refractivity contribution < 1.29 is 0 Å². The number of hydrogen-bond donors (Lipinski definition) is 1. The number of thiophene rings is 1. The Morgan fingerprint density at radius 2 is 1.89 bits per heavy atom. The third-order valence-corrected chi connectivity index (χ3v) is 7.70. The molecule has 102 valence electrons. The fourth-order valence-electron chi connectivity index (χ4n) is 2.34. The Balaban J connectivity index is 2.10. The van der Waals surface area contributed by atoms with Crippen molar-refractivity contribution in [2.75, 3.05) is 17.2 Å². The van der Waals surface area contributed by atoms with Gasteiger partial charge in [0.2, 0.25) is 0 Å². The molecule has 1 fully saturated rings. The van der Waals surface area contributed by atoms with E-state index in [-0.39, 0.29) is 0 Å². The summed E-state index contributed by atoms with van der Waals surface area (Å²) in [5.41, 5.74) is 7.39.